The van der Waals surface area contributed by atoms with Gasteiger partial charge >= 0.3 is 0 Å². The van der Waals surface area contributed by atoms with Crippen LogP contribution in [-0.4, -0.2) is 25.2 Å². The zero-order valence-electron chi connectivity index (χ0n) is 13.9. The number of benzene rings is 2. The number of hydrogen-bond donors (Lipinski definition) is 1. The van der Waals surface area contributed by atoms with E-state index in [9.17, 15) is 4.79 Å². The van der Waals surface area contributed by atoms with Gasteiger partial charge in [0.1, 0.15) is 12.4 Å². The smallest absolute Gasteiger partial charge is 0.259 e. The molecule has 1 amide bonds. The van der Waals surface area contributed by atoms with Crippen LogP contribution in [-0.2, 0) is 11.2 Å². The van der Waals surface area contributed by atoms with E-state index in [0.29, 0.717) is 30.0 Å². The van der Waals surface area contributed by atoms with Crippen molar-refractivity contribution in [3.63, 3.8) is 0 Å². The second kappa shape index (κ2) is 8.32. The summed E-state index contributed by atoms with van der Waals surface area (Å²) in [6.45, 7) is 1.23. The zero-order valence-corrected chi connectivity index (χ0v) is 13.9. The second-order valence-electron chi connectivity index (χ2n) is 5.93. The molecule has 128 valence electrons. The molecule has 1 aliphatic heterocycles. The molecule has 2 aromatic rings. The fraction of sp³-hybridized carbons (Fsp3) is 0.300. The monoisotopic (exact) mass is 336 g/mol. The number of anilines is 1. The number of hydrogen-bond acceptors (Lipinski definition) is 4. The van der Waals surface area contributed by atoms with Crippen molar-refractivity contribution in [3.8, 4) is 11.8 Å². The summed E-state index contributed by atoms with van der Waals surface area (Å²) in [6.07, 6.45) is 2.50. The Morgan fingerprint density at radius 2 is 2.04 bits per heavy atom. The van der Waals surface area contributed by atoms with Crippen molar-refractivity contribution >= 4 is 11.6 Å². The minimum absolute atomic E-state index is 0.101. The molecule has 1 saturated heterocycles. The van der Waals surface area contributed by atoms with Gasteiger partial charge in [-0.1, -0.05) is 24.3 Å². The van der Waals surface area contributed by atoms with Crippen LogP contribution in [0, 0.1) is 11.3 Å². The largest absolute Gasteiger partial charge is 0.490 e. The summed E-state index contributed by atoms with van der Waals surface area (Å²) >= 11 is 0. The van der Waals surface area contributed by atoms with E-state index in [-0.39, 0.29) is 12.0 Å². The van der Waals surface area contributed by atoms with E-state index in [1.807, 2.05) is 24.3 Å². The maximum atomic E-state index is 12.6. The number of carbonyl (C=O) groups is 1. The van der Waals surface area contributed by atoms with E-state index in [1.165, 1.54) is 0 Å². The van der Waals surface area contributed by atoms with Gasteiger partial charge in [-0.2, -0.15) is 5.26 Å². The highest BCUT2D eigenvalue weighted by Crippen LogP contribution is 2.22. The van der Waals surface area contributed by atoms with E-state index in [1.54, 1.807) is 24.3 Å². The van der Waals surface area contributed by atoms with Crippen LogP contribution < -0.4 is 10.1 Å². The summed E-state index contributed by atoms with van der Waals surface area (Å²) in [4.78, 5) is 12.6. The molecule has 1 heterocycles. The van der Waals surface area contributed by atoms with E-state index in [4.69, 9.17) is 14.7 Å². The highest BCUT2D eigenvalue weighted by atomic mass is 16.5. The minimum atomic E-state index is -0.226. The predicted molar refractivity (Wildman–Crippen MR) is 94.6 cm³/mol. The van der Waals surface area contributed by atoms with Crippen molar-refractivity contribution in [1.29, 1.82) is 5.26 Å². The summed E-state index contributed by atoms with van der Waals surface area (Å²) in [5, 5.41) is 11.6. The normalized spacial score (nSPS) is 16.2. The Bertz CT molecular complexity index is 759. The van der Waals surface area contributed by atoms with Gasteiger partial charge in [-0.25, -0.2) is 0 Å². The van der Waals surface area contributed by atoms with Gasteiger partial charge in [0.15, 0.2) is 0 Å². The third-order valence-electron chi connectivity index (χ3n) is 4.08. The van der Waals surface area contributed by atoms with Gasteiger partial charge in [0.2, 0.25) is 0 Å². The van der Waals surface area contributed by atoms with Crippen molar-refractivity contribution in [2.75, 3.05) is 18.5 Å². The lowest BCUT2D eigenvalue weighted by Crippen LogP contribution is -2.19. The van der Waals surface area contributed by atoms with Crippen LogP contribution in [0.5, 0.6) is 5.75 Å². The lowest BCUT2D eigenvalue weighted by Gasteiger charge is -2.14. The van der Waals surface area contributed by atoms with Gasteiger partial charge < -0.3 is 14.8 Å². The summed E-state index contributed by atoms with van der Waals surface area (Å²) in [6, 6.07) is 16.5. The van der Waals surface area contributed by atoms with Gasteiger partial charge in [-0.3, -0.25) is 4.79 Å². The molecule has 3 rings (SSSR count). The molecule has 5 heteroatoms. The van der Waals surface area contributed by atoms with Crippen LogP contribution in [0.25, 0.3) is 0 Å². The summed E-state index contributed by atoms with van der Waals surface area (Å²) in [5.74, 6) is 0.326. The average molecular weight is 336 g/mol. The maximum Gasteiger partial charge on any atom is 0.259 e. The number of rotatable bonds is 6. The number of nitrogens with zero attached hydrogens (tertiary/aromatic N) is 1. The van der Waals surface area contributed by atoms with Crippen LogP contribution in [0.4, 0.5) is 5.69 Å². The molecule has 1 N–H and O–H groups in total. The van der Waals surface area contributed by atoms with E-state index >= 15 is 0 Å². The molecule has 0 aliphatic carbocycles. The first-order valence-electron chi connectivity index (χ1n) is 8.37. The van der Waals surface area contributed by atoms with Crippen molar-refractivity contribution < 1.29 is 14.3 Å². The van der Waals surface area contributed by atoms with Crippen LogP contribution >= 0.6 is 0 Å². The molecule has 0 saturated carbocycles. The highest BCUT2D eigenvalue weighted by molar-refractivity contribution is 6.06. The average Bonchev–Trinajstić information content (AvgIpc) is 3.16. The Morgan fingerprint density at radius 3 is 2.76 bits per heavy atom. The lowest BCUT2D eigenvalue weighted by atomic mass is 10.1. The topological polar surface area (TPSA) is 71.4 Å². The van der Waals surface area contributed by atoms with E-state index in [2.05, 4.69) is 11.4 Å². The molecular weight excluding hydrogens is 316 g/mol. The molecular formula is C20H20N2O3. The van der Waals surface area contributed by atoms with Crippen molar-refractivity contribution in [2.24, 2.45) is 0 Å². The van der Waals surface area contributed by atoms with E-state index in [0.717, 1.165) is 25.0 Å². The molecule has 0 bridgehead atoms. The quantitative estimate of drug-likeness (QED) is 0.875. The first-order chi connectivity index (χ1) is 12.3. The van der Waals surface area contributed by atoms with Gasteiger partial charge in [-0.05, 0) is 42.7 Å². The number of nitrogens with one attached hydrogen (secondary N) is 1. The summed E-state index contributed by atoms with van der Waals surface area (Å²) in [5.41, 5.74) is 2.09. The first kappa shape index (κ1) is 17.0. The fourth-order valence-corrected chi connectivity index (χ4v) is 2.73. The van der Waals surface area contributed by atoms with Crippen molar-refractivity contribution in [2.45, 2.75) is 25.4 Å². The van der Waals surface area contributed by atoms with Crippen molar-refractivity contribution in [1.82, 2.24) is 0 Å². The Morgan fingerprint density at radius 1 is 1.24 bits per heavy atom. The SMILES string of the molecule is N#CCc1ccc(NC(=O)c2ccccc2OCC2CCCO2)cc1. The fourth-order valence-electron chi connectivity index (χ4n) is 2.73. The molecule has 2 aromatic carbocycles. The van der Waals surface area contributed by atoms with Crippen LogP contribution in [0.2, 0.25) is 0 Å². The van der Waals surface area contributed by atoms with E-state index < -0.39 is 0 Å². The number of ether oxygens (including phenoxy) is 2. The molecule has 5 nitrogen and oxygen atoms in total. The van der Waals surface area contributed by atoms with Gasteiger partial charge in [0.25, 0.3) is 5.91 Å². The molecule has 25 heavy (non-hydrogen) atoms. The zero-order chi connectivity index (χ0) is 17.5. The van der Waals surface area contributed by atoms with Gasteiger partial charge in [0.05, 0.1) is 24.2 Å². The molecule has 1 aliphatic rings. The van der Waals surface area contributed by atoms with Gasteiger partial charge in [0, 0.05) is 12.3 Å². The Hall–Kier alpha value is -2.84. The Labute approximate surface area is 147 Å². The standard InChI is InChI=1S/C20H20N2O3/c21-12-11-15-7-9-16(10-8-15)22-20(23)18-5-1-2-6-19(18)25-14-17-4-3-13-24-17/h1-2,5-10,17H,3-4,11,13-14H2,(H,22,23). The first-order valence-corrected chi connectivity index (χ1v) is 8.37. The molecule has 1 fully saturated rings. The Kier molecular flexibility index (Phi) is 5.65. The number of para-hydroxylation sites is 1. The molecule has 0 radical (unpaired) electrons. The number of amides is 1. The molecule has 0 spiro atoms. The van der Waals surface area contributed by atoms with Crippen LogP contribution in [0.1, 0.15) is 28.8 Å². The third kappa shape index (κ3) is 4.59. The lowest BCUT2D eigenvalue weighted by molar-refractivity contribution is 0.0673. The third-order valence-corrected chi connectivity index (χ3v) is 4.08. The predicted octanol–water partition coefficient (Wildman–Crippen LogP) is 3.56. The molecule has 1 unspecified atom stereocenters. The maximum absolute atomic E-state index is 12.6. The van der Waals surface area contributed by atoms with Crippen LogP contribution in [0.15, 0.2) is 48.5 Å². The molecule has 1 atom stereocenters. The van der Waals surface area contributed by atoms with Crippen LogP contribution in [0.3, 0.4) is 0 Å². The number of nitriles is 1. The summed E-state index contributed by atoms with van der Waals surface area (Å²) in [7, 11) is 0. The van der Waals surface area contributed by atoms with Gasteiger partial charge in [-0.15, -0.1) is 0 Å². The molecule has 0 aromatic heterocycles. The minimum Gasteiger partial charge on any atom is -0.490 e. The Balaban J connectivity index is 1.65. The highest BCUT2D eigenvalue weighted by Gasteiger charge is 2.18. The summed E-state index contributed by atoms with van der Waals surface area (Å²) < 4.78 is 11.4. The number of carbonyl (C=O) groups excluding carboxylic acids is 1. The second-order valence-corrected chi connectivity index (χ2v) is 5.93. The van der Waals surface area contributed by atoms with Crippen molar-refractivity contribution in [3.05, 3.63) is 59.7 Å².